The number of ether oxygens (including phenoxy) is 1. The SMILES string of the molecule is COCCN(Cc1cnc(S(=O)(=O)Cc2cccc(C(F)(F)F)c2)n1C1CC1)C(=S)NC(C)C. The van der Waals surface area contributed by atoms with E-state index >= 15 is 0 Å². The fraction of sp³-hybridized carbons (Fsp3) is 0.545. The van der Waals surface area contributed by atoms with E-state index in [0.717, 1.165) is 25.0 Å². The maximum absolute atomic E-state index is 13.2. The van der Waals surface area contributed by atoms with Gasteiger partial charge < -0.3 is 19.5 Å². The quantitative estimate of drug-likeness (QED) is 0.478. The molecule has 0 aliphatic heterocycles. The van der Waals surface area contributed by atoms with Crippen LogP contribution in [0.25, 0.3) is 0 Å². The van der Waals surface area contributed by atoms with Crippen molar-refractivity contribution in [2.75, 3.05) is 20.3 Å². The number of rotatable bonds is 10. The number of hydrogen-bond donors (Lipinski definition) is 1. The summed E-state index contributed by atoms with van der Waals surface area (Å²) in [5.74, 6) is -0.569. The van der Waals surface area contributed by atoms with Gasteiger partial charge in [-0.05, 0) is 50.5 Å². The van der Waals surface area contributed by atoms with E-state index in [1.54, 1.807) is 11.7 Å². The topological polar surface area (TPSA) is 76.5 Å². The van der Waals surface area contributed by atoms with Crippen LogP contribution in [-0.4, -0.2) is 54.3 Å². The van der Waals surface area contributed by atoms with Gasteiger partial charge in [-0.15, -0.1) is 0 Å². The minimum absolute atomic E-state index is 0.0142. The smallest absolute Gasteiger partial charge is 0.383 e. The minimum atomic E-state index is -4.55. The molecule has 1 aromatic heterocycles. The highest BCUT2D eigenvalue weighted by molar-refractivity contribution is 7.90. The molecule has 1 saturated carbocycles. The zero-order valence-corrected chi connectivity index (χ0v) is 20.9. The first kappa shape index (κ1) is 26.4. The van der Waals surface area contributed by atoms with Gasteiger partial charge in [0, 0.05) is 25.7 Å². The lowest BCUT2D eigenvalue weighted by Crippen LogP contribution is -2.44. The third-order valence-electron chi connectivity index (χ3n) is 5.26. The van der Waals surface area contributed by atoms with E-state index in [4.69, 9.17) is 17.0 Å². The van der Waals surface area contributed by atoms with Crippen molar-refractivity contribution in [3.05, 3.63) is 47.3 Å². The van der Waals surface area contributed by atoms with Crippen LogP contribution in [0.5, 0.6) is 0 Å². The largest absolute Gasteiger partial charge is 0.416 e. The number of aromatic nitrogens is 2. The van der Waals surface area contributed by atoms with Crippen LogP contribution in [-0.2, 0) is 33.0 Å². The molecule has 2 aromatic rings. The average molecular weight is 519 g/mol. The zero-order valence-electron chi connectivity index (χ0n) is 19.3. The molecule has 7 nitrogen and oxygen atoms in total. The van der Waals surface area contributed by atoms with Gasteiger partial charge in [-0.1, -0.05) is 18.2 Å². The molecule has 12 heteroatoms. The second-order valence-corrected chi connectivity index (χ2v) is 10.9. The zero-order chi connectivity index (χ0) is 25.1. The fourth-order valence-electron chi connectivity index (χ4n) is 3.56. The van der Waals surface area contributed by atoms with Crippen LogP contribution in [0.2, 0.25) is 0 Å². The van der Waals surface area contributed by atoms with Crippen molar-refractivity contribution in [1.29, 1.82) is 0 Å². The third kappa shape index (κ3) is 6.70. The molecule has 0 atom stereocenters. The summed E-state index contributed by atoms with van der Waals surface area (Å²) >= 11 is 5.52. The van der Waals surface area contributed by atoms with Gasteiger partial charge in [0.15, 0.2) is 5.11 Å². The van der Waals surface area contributed by atoms with E-state index in [1.807, 2.05) is 18.7 Å². The fourth-order valence-corrected chi connectivity index (χ4v) is 5.47. The van der Waals surface area contributed by atoms with Gasteiger partial charge >= 0.3 is 6.18 Å². The molecule has 0 amide bonds. The van der Waals surface area contributed by atoms with Crippen molar-refractivity contribution >= 4 is 27.2 Å². The van der Waals surface area contributed by atoms with Crippen molar-refractivity contribution in [2.24, 2.45) is 0 Å². The Labute approximate surface area is 203 Å². The molecule has 0 bridgehead atoms. The summed E-state index contributed by atoms with van der Waals surface area (Å²) in [7, 11) is -2.40. The van der Waals surface area contributed by atoms with Gasteiger partial charge in [-0.2, -0.15) is 13.2 Å². The molecule has 1 aliphatic rings. The molecule has 1 aromatic carbocycles. The van der Waals surface area contributed by atoms with Crippen LogP contribution in [0.1, 0.15) is 49.6 Å². The van der Waals surface area contributed by atoms with Crippen LogP contribution >= 0.6 is 12.2 Å². The second kappa shape index (κ2) is 10.6. The Balaban J connectivity index is 1.89. The molecule has 1 N–H and O–H groups in total. The Hall–Kier alpha value is -2.18. The minimum Gasteiger partial charge on any atom is -0.383 e. The summed E-state index contributed by atoms with van der Waals surface area (Å²) in [6, 6.07) is 4.48. The van der Waals surface area contributed by atoms with Crippen LogP contribution in [0.15, 0.2) is 35.6 Å². The van der Waals surface area contributed by atoms with Gasteiger partial charge in [0.05, 0.1) is 36.4 Å². The molecule has 34 heavy (non-hydrogen) atoms. The predicted octanol–water partition coefficient (Wildman–Crippen LogP) is 3.94. The lowest BCUT2D eigenvalue weighted by Gasteiger charge is -2.27. The van der Waals surface area contributed by atoms with Crippen molar-refractivity contribution < 1.29 is 26.3 Å². The molecular weight excluding hydrogens is 489 g/mol. The maximum atomic E-state index is 13.2. The highest BCUT2D eigenvalue weighted by Crippen LogP contribution is 2.39. The van der Waals surface area contributed by atoms with Crippen molar-refractivity contribution in [2.45, 2.75) is 62.4 Å². The summed E-state index contributed by atoms with van der Waals surface area (Å²) in [6.45, 7) is 5.18. The molecule has 0 saturated heterocycles. The number of nitrogens with zero attached hydrogens (tertiary/aromatic N) is 3. The van der Waals surface area contributed by atoms with Gasteiger partial charge in [0.1, 0.15) is 0 Å². The molecule has 1 aliphatic carbocycles. The number of thiocarbonyl (C=S) groups is 1. The molecule has 0 unspecified atom stereocenters. The number of hydrogen-bond acceptors (Lipinski definition) is 5. The maximum Gasteiger partial charge on any atom is 0.416 e. The van der Waals surface area contributed by atoms with Gasteiger partial charge in [-0.3, -0.25) is 0 Å². The van der Waals surface area contributed by atoms with Gasteiger partial charge in [-0.25, -0.2) is 13.4 Å². The first-order chi connectivity index (χ1) is 15.9. The number of benzene rings is 1. The Morgan fingerprint density at radius 1 is 1.35 bits per heavy atom. The van der Waals surface area contributed by atoms with E-state index in [9.17, 15) is 21.6 Å². The number of nitrogens with one attached hydrogen (secondary N) is 1. The molecule has 1 fully saturated rings. The van der Waals surface area contributed by atoms with Crippen molar-refractivity contribution in [1.82, 2.24) is 19.8 Å². The Morgan fingerprint density at radius 2 is 2.06 bits per heavy atom. The monoisotopic (exact) mass is 518 g/mol. The summed E-state index contributed by atoms with van der Waals surface area (Å²) in [6.07, 6.45) is -1.42. The van der Waals surface area contributed by atoms with E-state index in [0.29, 0.717) is 30.5 Å². The number of methoxy groups -OCH3 is 1. The summed E-state index contributed by atoms with van der Waals surface area (Å²) in [5, 5.41) is 3.58. The van der Waals surface area contributed by atoms with E-state index in [2.05, 4.69) is 10.3 Å². The summed E-state index contributed by atoms with van der Waals surface area (Å²) < 4.78 is 72.5. The van der Waals surface area contributed by atoms with Gasteiger partial charge in [0.25, 0.3) is 0 Å². The Morgan fingerprint density at radius 3 is 2.65 bits per heavy atom. The van der Waals surface area contributed by atoms with Crippen LogP contribution in [0.4, 0.5) is 13.2 Å². The molecule has 0 radical (unpaired) electrons. The summed E-state index contributed by atoms with van der Waals surface area (Å²) in [4.78, 5) is 6.09. The number of halogens is 3. The number of sulfone groups is 1. The van der Waals surface area contributed by atoms with Crippen LogP contribution in [0, 0.1) is 0 Å². The molecular formula is C22H29F3N4O3S2. The average Bonchev–Trinajstić information content (AvgIpc) is 3.48. The van der Waals surface area contributed by atoms with E-state index < -0.39 is 27.3 Å². The highest BCUT2D eigenvalue weighted by atomic mass is 32.2. The predicted molar refractivity (Wildman–Crippen MR) is 126 cm³/mol. The van der Waals surface area contributed by atoms with Crippen molar-refractivity contribution in [3.63, 3.8) is 0 Å². The normalized spacial score (nSPS) is 14.4. The van der Waals surface area contributed by atoms with Gasteiger partial charge in [0.2, 0.25) is 15.0 Å². The molecule has 1 heterocycles. The highest BCUT2D eigenvalue weighted by Gasteiger charge is 2.35. The summed E-state index contributed by atoms with van der Waals surface area (Å²) in [5.41, 5.74) is -0.147. The van der Waals surface area contributed by atoms with Crippen LogP contribution in [0.3, 0.4) is 0 Å². The molecule has 0 spiro atoms. The standard InChI is InChI=1S/C22H29F3N4O3S2/c1-15(2)27-20(33)28(9-10-32-3)13-19-12-26-21(29(19)18-7-8-18)34(30,31)14-16-5-4-6-17(11-16)22(23,24)25/h4-6,11-12,15,18H,7-10,13-14H2,1-3H3,(H,27,33). The third-order valence-corrected chi connectivity index (χ3v) is 7.21. The van der Waals surface area contributed by atoms with E-state index in [-0.39, 0.29) is 22.8 Å². The van der Waals surface area contributed by atoms with Crippen LogP contribution < -0.4 is 5.32 Å². The first-order valence-electron chi connectivity index (χ1n) is 10.9. The first-order valence-corrected chi connectivity index (χ1v) is 13.0. The Bertz CT molecular complexity index is 1110. The number of imidazole rings is 1. The molecule has 3 rings (SSSR count). The second-order valence-electron chi connectivity index (χ2n) is 8.61. The lowest BCUT2D eigenvalue weighted by molar-refractivity contribution is -0.137. The van der Waals surface area contributed by atoms with Crippen molar-refractivity contribution in [3.8, 4) is 0 Å². The Kier molecular flexibility index (Phi) is 8.25. The lowest BCUT2D eigenvalue weighted by atomic mass is 10.1. The molecule has 188 valence electrons. The van der Waals surface area contributed by atoms with E-state index in [1.165, 1.54) is 18.3 Å². The number of alkyl halides is 3.